The maximum Gasteiger partial charge on any atom is 0.330 e. The van der Waals surface area contributed by atoms with Gasteiger partial charge >= 0.3 is 5.97 Å². The van der Waals surface area contributed by atoms with Gasteiger partial charge in [-0.05, 0) is 69.5 Å². The highest BCUT2D eigenvalue weighted by Crippen LogP contribution is 2.23. The first-order chi connectivity index (χ1) is 14.5. The fourth-order valence-electron chi connectivity index (χ4n) is 2.69. The smallest absolute Gasteiger partial charge is 0.330 e. The number of carbonyl (C=O) groups is 1. The fourth-order valence-corrected chi connectivity index (χ4v) is 2.69. The summed E-state index contributed by atoms with van der Waals surface area (Å²) in [6, 6.07) is 16.0. The minimum Gasteiger partial charge on any atom is -0.516 e. The van der Waals surface area contributed by atoms with Crippen LogP contribution in [0.5, 0.6) is 5.75 Å². The molecule has 2 rings (SSSR count). The maximum atomic E-state index is 10.5. The van der Waals surface area contributed by atoms with Gasteiger partial charge in [-0.3, -0.25) is 0 Å². The quantitative estimate of drug-likeness (QED) is 0.304. The molecule has 0 aliphatic carbocycles. The third-order valence-electron chi connectivity index (χ3n) is 3.96. The molecule has 0 saturated heterocycles. The Kier molecular flexibility index (Phi) is 9.81. The van der Waals surface area contributed by atoms with Crippen molar-refractivity contribution in [2.75, 3.05) is 0 Å². The first-order valence-corrected chi connectivity index (χ1v) is 10.1. The van der Waals surface area contributed by atoms with E-state index in [4.69, 9.17) is 14.6 Å². The molecule has 1 N–H and O–H groups in total. The van der Waals surface area contributed by atoms with E-state index >= 15 is 0 Å². The minimum atomic E-state index is -0.398. The largest absolute Gasteiger partial charge is 0.516 e. The van der Waals surface area contributed by atoms with Gasteiger partial charge in [0.05, 0.1) is 6.26 Å². The number of hydrogen-bond acceptors (Lipinski definition) is 4. The van der Waals surface area contributed by atoms with E-state index < -0.39 is 5.60 Å². The molecule has 0 saturated carbocycles. The average molecular weight is 423 g/mol. The Hall–Kier alpha value is -3.27. The lowest BCUT2D eigenvalue weighted by Crippen LogP contribution is -2.30. The van der Waals surface area contributed by atoms with E-state index in [1.54, 1.807) is 6.08 Å². The second kappa shape index (κ2) is 11.8. The maximum absolute atomic E-state index is 10.5. The first-order valence-electron chi connectivity index (χ1n) is 10.1. The summed E-state index contributed by atoms with van der Waals surface area (Å²) in [6.07, 6.45) is 6.49. The summed E-state index contributed by atoms with van der Waals surface area (Å²) >= 11 is 0. The van der Waals surface area contributed by atoms with Crippen LogP contribution in [0.25, 0.3) is 12.2 Å². The Bertz CT molecular complexity index is 867. The van der Waals surface area contributed by atoms with Gasteiger partial charge in [0, 0.05) is 12.5 Å². The van der Waals surface area contributed by atoms with Crippen LogP contribution in [0.4, 0.5) is 0 Å². The van der Waals surface area contributed by atoms with E-state index in [2.05, 4.69) is 39.1 Å². The summed E-state index contributed by atoms with van der Waals surface area (Å²) < 4.78 is 10.9. The van der Waals surface area contributed by atoms with Crippen LogP contribution in [0.3, 0.4) is 0 Å². The van der Waals surface area contributed by atoms with Crippen LogP contribution in [0.15, 0.2) is 74.0 Å². The Morgan fingerprint density at radius 3 is 1.90 bits per heavy atom. The molecular weight excluding hydrogens is 388 g/mol. The van der Waals surface area contributed by atoms with Crippen molar-refractivity contribution in [3.05, 3.63) is 90.7 Å². The molecule has 0 unspecified atom stereocenters. The van der Waals surface area contributed by atoms with Crippen LogP contribution in [0, 0.1) is 0 Å². The Morgan fingerprint density at radius 1 is 0.935 bits per heavy atom. The summed E-state index contributed by atoms with van der Waals surface area (Å²) in [4.78, 5) is 10.5. The Morgan fingerprint density at radius 2 is 1.48 bits per heavy atom. The zero-order chi connectivity index (χ0) is 23.5. The van der Waals surface area contributed by atoms with Crippen molar-refractivity contribution < 1.29 is 19.4 Å². The minimum absolute atomic E-state index is 0.302. The van der Waals surface area contributed by atoms with E-state index in [0.717, 1.165) is 35.6 Å². The molecule has 0 bridgehead atoms. The molecule has 0 fully saturated rings. The lowest BCUT2D eigenvalue weighted by Gasteiger charge is -2.27. The van der Waals surface area contributed by atoms with Gasteiger partial charge in [-0.2, -0.15) is 0 Å². The second-order valence-electron chi connectivity index (χ2n) is 8.61. The van der Waals surface area contributed by atoms with Crippen LogP contribution in [-0.4, -0.2) is 22.3 Å². The topological polar surface area (TPSA) is 55.8 Å². The van der Waals surface area contributed by atoms with E-state index in [1.807, 2.05) is 63.2 Å². The van der Waals surface area contributed by atoms with Gasteiger partial charge in [-0.1, -0.05) is 55.6 Å². The van der Waals surface area contributed by atoms with Crippen molar-refractivity contribution in [1.82, 2.24) is 0 Å². The van der Waals surface area contributed by atoms with Crippen molar-refractivity contribution in [3.8, 4) is 5.75 Å². The predicted octanol–water partition coefficient (Wildman–Crippen LogP) is 6.77. The van der Waals surface area contributed by atoms with Crippen molar-refractivity contribution in [1.29, 1.82) is 0 Å². The van der Waals surface area contributed by atoms with Crippen LogP contribution in [0.1, 0.15) is 51.3 Å². The van der Waals surface area contributed by atoms with Gasteiger partial charge in [0.15, 0.2) is 0 Å². The van der Waals surface area contributed by atoms with E-state index in [1.165, 1.54) is 5.56 Å². The number of aliphatic hydroxyl groups is 1. The van der Waals surface area contributed by atoms with Crippen LogP contribution in [0.2, 0.25) is 0 Å². The highest BCUT2D eigenvalue weighted by Gasteiger charge is 2.20. The van der Waals surface area contributed by atoms with Gasteiger partial charge in [0.25, 0.3) is 0 Å². The van der Waals surface area contributed by atoms with Crippen LogP contribution < -0.4 is 4.74 Å². The molecule has 0 radical (unpaired) electrons. The van der Waals surface area contributed by atoms with E-state index in [-0.39, 0.29) is 11.6 Å². The zero-order valence-corrected chi connectivity index (χ0v) is 19.2. The predicted molar refractivity (Wildman–Crippen MR) is 129 cm³/mol. The SMILES string of the molecule is C=CC(=O)OC(C)(C)C.C=Cc1ccc(OC(C)(C)Cc2ccc(C=CO)cc2)cc1. The third-order valence-corrected chi connectivity index (χ3v) is 3.96. The monoisotopic (exact) mass is 422 g/mol. The van der Waals surface area contributed by atoms with E-state index in [0.29, 0.717) is 0 Å². The molecule has 31 heavy (non-hydrogen) atoms. The summed E-state index contributed by atoms with van der Waals surface area (Å²) in [5, 5.41) is 8.77. The van der Waals surface area contributed by atoms with E-state index in [9.17, 15) is 4.79 Å². The number of benzene rings is 2. The zero-order valence-electron chi connectivity index (χ0n) is 19.2. The number of rotatable bonds is 7. The standard InChI is InChI=1S/C20H22O2.C7H12O2/c1-4-16-9-11-19(12-10-16)22-20(2,3)15-18-7-5-17(6-8-18)13-14-21;1-5-6(8)9-7(2,3)4/h4-14,21H,1,15H2,2-3H3;5H,1H2,2-4H3. The van der Waals surface area contributed by atoms with Crippen LogP contribution in [-0.2, 0) is 16.0 Å². The lowest BCUT2D eigenvalue weighted by molar-refractivity contribution is -0.148. The molecule has 2 aromatic rings. The van der Waals surface area contributed by atoms with Gasteiger partial charge in [0.2, 0.25) is 0 Å². The molecule has 0 amide bonds. The molecule has 166 valence electrons. The van der Waals surface area contributed by atoms with Crippen molar-refractivity contribution >= 4 is 18.1 Å². The van der Waals surface area contributed by atoms with Gasteiger partial charge in [0.1, 0.15) is 17.0 Å². The van der Waals surface area contributed by atoms with Gasteiger partial charge in [-0.25, -0.2) is 4.79 Å². The molecule has 0 aromatic heterocycles. The highest BCUT2D eigenvalue weighted by atomic mass is 16.6. The van der Waals surface area contributed by atoms with Crippen molar-refractivity contribution in [3.63, 3.8) is 0 Å². The number of hydrogen-bond donors (Lipinski definition) is 1. The number of esters is 1. The van der Waals surface area contributed by atoms with Crippen LogP contribution >= 0.6 is 0 Å². The second-order valence-corrected chi connectivity index (χ2v) is 8.61. The third kappa shape index (κ3) is 10.9. The first kappa shape index (κ1) is 25.8. The molecule has 0 heterocycles. The normalized spacial score (nSPS) is 11.3. The Labute approximate surface area is 186 Å². The molecule has 0 atom stereocenters. The molecule has 4 nitrogen and oxygen atoms in total. The lowest BCUT2D eigenvalue weighted by atomic mass is 9.97. The molecular formula is C27H34O4. The highest BCUT2D eigenvalue weighted by molar-refractivity contribution is 5.81. The summed E-state index contributed by atoms with van der Waals surface area (Å²) in [5.74, 6) is 0.484. The summed E-state index contributed by atoms with van der Waals surface area (Å²) in [7, 11) is 0. The number of aliphatic hydroxyl groups excluding tert-OH is 1. The number of carbonyl (C=O) groups excluding carboxylic acids is 1. The fraction of sp³-hybridized carbons (Fsp3) is 0.296. The molecule has 4 heteroatoms. The number of ether oxygens (including phenoxy) is 2. The Balaban J connectivity index is 0.000000452. The summed E-state index contributed by atoms with van der Waals surface area (Å²) in [5.41, 5.74) is 2.56. The van der Waals surface area contributed by atoms with Crippen molar-refractivity contribution in [2.45, 2.75) is 52.2 Å². The molecule has 0 spiro atoms. The van der Waals surface area contributed by atoms with Crippen molar-refractivity contribution in [2.24, 2.45) is 0 Å². The van der Waals surface area contributed by atoms with Gasteiger partial charge < -0.3 is 14.6 Å². The average Bonchev–Trinajstić information content (AvgIpc) is 2.69. The van der Waals surface area contributed by atoms with Gasteiger partial charge in [-0.15, -0.1) is 0 Å². The molecule has 0 aliphatic rings. The molecule has 2 aromatic carbocycles. The molecule has 0 aliphatic heterocycles. The summed E-state index contributed by atoms with van der Waals surface area (Å²) in [6.45, 7) is 16.6.